The van der Waals surface area contributed by atoms with Gasteiger partial charge in [-0.05, 0) is 47.2 Å². The molecule has 0 aliphatic heterocycles. The van der Waals surface area contributed by atoms with Crippen molar-refractivity contribution in [3.05, 3.63) is 58.7 Å². The van der Waals surface area contributed by atoms with E-state index < -0.39 is 0 Å². The van der Waals surface area contributed by atoms with Crippen LogP contribution in [0.4, 0.5) is 0 Å². The minimum atomic E-state index is -0.0561. The number of aliphatic hydroxyl groups is 2. The molecular formula is C16H18O2. The Morgan fingerprint density at radius 1 is 0.833 bits per heavy atom. The summed E-state index contributed by atoms with van der Waals surface area (Å²) in [5.74, 6) is 0. The van der Waals surface area contributed by atoms with Gasteiger partial charge < -0.3 is 10.2 Å². The highest BCUT2D eigenvalue weighted by atomic mass is 16.3. The summed E-state index contributed by atoms with van der Waals surface area (Å²) >= 11 is 0. The summed E-state index contributed by atoms with van der Waals surface area (Å²) in [5, 5.41) is 18.9. The molecule has 0 amide bonds. The molecule has 0 heterocycles. The van der Waals surface area contributed by atoms with E-state index in [1.165, 1.54) is 11.1 Å². The summed E-state index contributed by atoms with van der Waals surface area (Å²) in [4.78, 5) is 0. The molecule has 2 rings (SSSR count). The molecular weight excluding hydrogens is 224 g/mol. The summed E-state index contributed by atoms with van der Waals surface area (Å²) in [6, 6.07) is 11.9. The highest BCUT2D eigenvalue weighted by Crippen LogP contribution is 2.30. The Labute approximate surface area is 108 Å². The van der Waals surface area contributed by atoms with Gasteiger partial charge in [-0.3, -0.25) is 0 Å². The summed E-state index contributed by atoms with van der Waals surface area (Å²) in [6.07, 6.45) is 0. The molecule has 0 atom stereocenters. The summed E-state index contributed by atoms with van der Waals surface area (Å²) in [6.45, 7) is 4.05. The van der Waals surface area contributed by atoms with Gasteiger partial charge in [0.05, 0.1) is 13.2 Å². The molecule has 2 aromatic carbocycles. The topological polar surface area (TPSA) is 40.5 Å². The molecule has 0 unspecified atom stereocenters. The lowest BCUT2D eigenvalue weighted by Crippen LogP contribution is -1.98. The van der Waals surface area contributed by atoms with Crippen LogP contribution < -0.4 is 0 Å². The van der Waals surface area contributed by atoms with Crippen LogP contribution in [-0.4, -0.2) is 10.2 Å². The predicted octanol–water partition coefficient (Wildman–Crippen LogP) is 2.96. The fraction of sp³-hybridized carbons (Fsp3) is 0.250. The summed E-state index contributed by atoms with van der Waals surface area (Å²) in [5.41, 5.74) is 6.16. The molecule has 2 nitrogen and oxygen atoms in total. The molecule has 0 bridgehead atoms. The Kier molecular flexibility index (Phi) is 3.80. The molecule has 2 aromatic rings. The number of rotatable bonds is 3. The minimum absolute atomic E-state index is 0.0470. The van der Waals surface area contributed by atoms with Crippen LogP contribution in [0.3, 0.4) is 0 Å². The lowest BCUT2D eigenvalue weighted by atomic mass is 9.91. The second-order valence-electron chi connectivity index (χ2n) is 4.51. The van der Waals surface area contributed by atoms with E-state index in [0.29, 0.717) is 0 Å². The van der Waals surface area contributed by atoms with Crippen LogP contribution in [0.1, 0.15) is 22.3 Å². The van der Waals surface area contributed by atoms with Crippen LogP contribution in [0.15, 0.2) is 36.4 Å². The molecule has 0 aliphatic rings. The Hall–Kier alpha value is -1.64. The van der Waals surface area contributed by atoms with Crippen molar-refractivity contribution in [1.82, 2.24) is 0 Å². The van der Waals surface area contributed by atoms with Crippen LogP contribution in [-0.2, 0) is 13.2 Å². The van der Waals surface area contributed by atoms with Crippen molar-refractivity contribution < 1.29 is 10.2 Å². The zero-order valence-electron chi connectivity index (χ0n) is 10.8. The Balaban J connectivity index is 2.67. The van der Waals surface area contributed by atoms with E-state index in [-0.39, 0.29) is 13.2 Å². The Bertz CT molecular complexity index is 559. The predicted molar refractivity (Wildman–Crippen MR) is 73.2 cm³/mol. The lowest BCUT2D eigenvalue weighted by molar-refractivity contribution is 0.260. The van der Waals surface area contributed by atoms with Crippen molar-refractivity contribution in [2.24, 2.45) is 0 Å². The van der Waals surface area contributed by atoms with Crippen LogP contribution in [0, 0.1) is 13.8 Å². The van der Waals surface area contributed by atoms with Gasteiger partial charge in [0.2, 0.25) is 0 Å². The van der Waals surface area contributed by atoms with Gasteiger partial charge in [-0.1, -0.05) is 36.4 Å². The largest absolute Gasteiger partial charge is 0.392 e. The molecule has 0 spiro atoms. The van der Waals surface area contributed by atoms with E-state index >= 15 is 0 Å². The van der Waals surface area contributed by atoms with E-state index in [0.717, 1.165) is 22.3 Å². The van der Waals surface area contributed by atoms with Crippen molar-refractivity contribution in [3.8, 4) is 11.1 Å². The molecule has 0 aliphatic carbocycles. The van der Waals surface area contributed by atoms with Gasteiger partial charge in [-0.2, -0.15) is 0 Å². The fourth-order valence-electron chi connectivity index (χ4n) is 2.26. The molecule has 18 heavy (non-hydrogen) atoms. The highest BCUT2D eigenvalue weighted by molar-refractivity contribution is 5.72. The van der Waals surface area contributed by atoms with Crippen LogP contribution >= 0.6 is 0 Å². The van der Waals surface area contributed by atoms with Crippen molar-refractivity contribution in [2.75, 3.05) is 0 Å². The SMILES string of the molecule is Cc1cccc(-c2cccc(CO)c2CO)c1C. The number of aryl methyl sites for hydroxylation is 1. The van der Waals surface area contributed by atoms with Crippen LogP contribution in [0.5, 0.6) is 0 Å². The molecule has 2 N–H and O–H groups in total. The van der Waals surface area contributed by atoms with E-state index in [1.54, 1.807) is 0 Å². The minimum Gasteiger partial charge on any atom is -0.392 e. The zero-order valence-corrected chi connectivity index (χ0v) is 10.8. The summed E-state index contributed by atoms with van der Waals surface area (Å²) < 4.78 is 0. The molecule has 2 heteroatoms. The van der Waals surface area contributed by atoms with E-state index in [4.69, 9.17) is 0 Å². The number of hydrogen-bond acceptors (Lipinski definition) is 2. The van der Waals surface area contributed by atoms with E-state index in [9.17, 15) is 10.2 Å². The first-order valence-corrected chi connectivity index (χ1v) is 6.08. The first-order valence-electron chi connectivity index (χ1n) is 6.08. The highest BCUT2D eigenvalue weighted by Gasteiger charge is 2.11. The number of benzene rings is 2. The monoisotopic (exact) mass is 242 g/mol. The average molecular weight is 242 g/mol. The maximum atomic E-state index is 9.54. The normalized spacial score (nSPS) is 10.7. The second-order valence-corrected chi connectivity index (χ2v) is 4.51. The van der Waals surface area contributed by atoms with Crippen molar-refractivity contribution in [3.63, 3.8) is 0 Å². The molecule has 0 aromatic heterocycles. The quantitative estimate of drug-likeness (QED) is 0.868. The Morgan fingerprint density at radius 3 is 2.17 bits per heavy atom. The standard InChI is InChI=1S/C16H18O2/c1-11-5-3-7-14(12(11)2)15-8-4-6-13(9-17)16(15)10-18/h3-8,17-18H,9-10H2,1-2H3. The zero-order chi connectivity index (χ0) is 13.1. The third-order valence-electron chi connectivity index (χ3n) is 3.50. The van der Waals surface area contributed by atoms with Gasteiger partial charge in [0.1, 0.15) is 0 Å². The maximum Gasteiger partial charge on any atom is 0.0691 e. The molecule has 94 valence electrons. The van der Waals surface area contributed by atoms with Crippen LogP contribution in [0.25, 0.3) is 11.1 Å². The van der Waals surface area contributed by atoms with Gasteiger partial charge >= 0.3 is 0 Å². The van der Waals surface area contributed by atoms with Gasteiger partial charge in [-0.15, -0.1) is 0 Å². The average Bonchev–Trinajstić information content (AvgIpc) is 2.41. The molecule has 0 fully saturated rings. The van der Waals surface area contributed by atoms with E-state index in [2.05, 4.69) is 26.0 Å². The van der Waals surface area contributed by atoms with Gasteiger partial charge in [0.25, 0.3) is 0 Å². The lowest BCUT2D eigenvalue weighted by Gasteiger charge is -2.15. The smallest absolute Gasteiger partial charge is 0.0691 e. The summed E-state index contributed by atoms with van der Waals surface area (Å²) in [7, 11) is 0. The van der Waals surface area contributed by atoms with Crippen LogP contribution in [0.2, 0.25) is 0 Å². The first-order chi connectivity index (χ1) is 8.69. The van der Waals surface area contributed by atoms with E-state index in [1.807, 2.05) is 24.3 Å². The first kappa shape index (κ1) is 12.8. The molecule has 0 radical (unpaired) electrons. The van der Waals surface area contributed by atoms with Gasteiger partial charge in [0, 0.05) is 0 Å². The molecule has 0 saturated heterocycles. The van der Waals surface area contributed by atoms with Crippen molar-refractivity contribution >= 4 is 0 Å². The third-order valence-corrected chi connectivity index (χ3v) is 3.50. The Morgan fingerprint density at radius 2 is 1.50 bits per heavy atom. The van der Waals surface area contributed by atoms with Gasteiger partial charge in [-0.25, -0.2) is 0 Å². The van der Waals surface area contributed by atoms with Crippen molar-refractivity contribution in [2.45, 2.75) is 27.1 Å². The maximum absolute atomic E-state index is 9.54. The fourth-order valence-corrected chi connectivity index (χ4v) is 2.26. The number of hydrogen-bond donors (Lipinski definition) is 2. The number of aliphatic hydroxyl groups excluding tert-OH is 2. The van der Waals surface area contributed by atoms with Crippen molar-refractivity contribution in [1.29, 1.82) is 0 Å². The third kappa shape index (κ3) is 2.17. The second kappa shape index (κ2) is 5.34. The molecule has 0 saturated carbocycles. The van der Waals surface area contributed by atoms with Gasteiger partial charge in [0.15, 0.2) is 0 Å².